The number of allylic oxidation sites excluding steroid dienone is 1. The largest absolute Gasteiger partial charge is 0.466 e. The molecule has 1 aromatic heterocycles. The van der Waals surface area contributed by atoms with Crippen LogP contribution in [0.3, 0.4) is 0 Å². The van der Waals surface area contributed by atoms with Crippen molar-refractivity contribution < 1.29 is 9.53 Å². The van der Waals surface area contributed by atoms with E-state index in [2.05, 4.69) is 32.6 Å². The highest BCUT2D eigenvalue weighted by molar-refractivity contribution is 9.10. The molecule has 0 radical (unpaired) electrons. The summed E-state index contributed by atoms with van der Waals surface area (Å²) in [5.41, 5.74) is 1.85. The van der Waals surface area contributed by atoms with Crippen molar-refractivity contribution in [2.24, 2.45) is 0 Å². The molecule has 1 aromatic carbocycles. The summed E-state index contributed by atoms with van der Waals surface area (Å²) in [6.45, 7) is 2.62. The lowest BCUT2D eigenvalue weighted by Crippen LogP contribution is -2.05. The van der Waals surface area contributed by atoms with Gasteiger partial charge in [-0.2, -0.15) is 0 Å². The first kappa shape index (κ1) is 13.9. The van der Waals surface area contributed by atoms with Crippen molar-refractivity contribution in [1.29, 1.82) is 0 Å². The minimum atomic E-state index is -0.250. The predicted octanol–water partition coefficient (Wildman–Crippen LogP) is 3.91. The minimum Gasteiger partial charge on any atom is -0.466 e. The van der Waals surface area contributed by atoms with Crippen LogP contribution in [0.5, 0.6) is 0 Å². The smallest absolute Gasteiger partial charge is 0.333 e. The number of nitrogens with zero attached hydrogens (tertiary/aromatic N) is 1. The maximum absolute atomic E-state index is 11.5. The van der Waals surface area contributed by atoms with Crippen molar-refractivity contribution in [3.8, 4) is 0 Å². The maximum atomic E-state index is 11.5. The number of hydrogen-bond donors (Lipinski definition) is 0. The van der Waals surface area contributed by atoms with Gasteiger partial charge in [-0.15, -0.1) is 0 Å². The van der Waals surface area contributed by atoms with Gasteiger partial charge in [0.25, 0.3) is 0 Å². The lowest BCUT2D eigenvalue weighted by atomic mass is 10.2. The average Bonchev–Trinajstić information content (AvgIpc) is 2.84. The molecule has 0 aliphatic heterocycles. The van der Waals surface area contributed by atoms with E-state index in [0.29, 0.717) is 18.5 Å². The molecule has 0 spiro atoms. The number of hydrogen-bond acceptors (Lipinski definition) is 2. The van der Waals surface area contributed by atoms with Crippen molar-refractivity contribution in [2.45, 2.75) is 19.9 Å². The van der Waals surface area contributed by atoms with Crippen LogP contribution < -0.4 is 0 Å². The van der Waals surface area contributed by atoms with E-state index < -0.39 is 0 Å². The number of halogens is 1. The molecule has 0 atom stereocenters. The first-order valence-corrected chi connectivity index (χ1v) is 6.97. The highest BCUT2D eigenvalue weighted by Gasteiger charge is 2.07. The molecule has 0 saturated carbocycles. The molecule has 4 heteroatoms. The van der Waals surface area contributed by atoms with E-state index in [1.807, 2.05) is 31.3 Å². The van der Waals surface area contributed by atoms with Crippen molar-refractivity contribution in [3.63, 3.8) is 0 Å². The van der Waals surface area contributed by atoms with Gasteiger partial charge in [0.2, 0.25) is 0 Å². The fraction of sp³-hybridized carbons (Fsp3) is 0.267. The number of rotatable bonds is 4. The second kappa shape index (κ2) is 6.06. The minimum absolute atomic E-state index is 0.250. The molecule has 2 rings (SSSR count). The Bertz CT molecular complexity index is 628. The molecule has 1 heterocycles. The van der Waals surface area contributed by atoms with Crippen molar-refractivity contribution >= 4 is 32.8 Å². The SMILES string of the molecule is CC/C(=C/Cn1ccc2c(Br)cccc21)C(=O)OC. The average molecular weight is 322 g/mol. The molecule has 19 heavy (non-hydrogen) atoms. The third-order valence-corrected chi connectivity index (χ3v) is 3.81. The van der Waals surface area contributed by atoms with E-state index >= 15 is 0 Å². The van der Waals surface area contributed by atoms with Crippen LogP contribution in [0.2, 0.25) is 0 Å². The number of fused-ring (bicyclic) bond motifs is 1. The Morgan fingerprint density at radius 2 is 2.21 bits per heavy atom. The van der Waals surface area contributed by atoms with E-state index in [0.717, 1.165) is 9.99 Å². The highest BCUT2D eigenvalue weighted by Crippen LogP contribution is 2.24. The zero-order valence-electron chi connectivity index (χ0n) is 11.0. The summed E-state index contributed by atoms with van der Waals surface area (Å²) in [4.78, 5) is 11.5. The summed E-state index contributed by atoms with van der Waals surface area (Å²) in [5.74, 6) is -0.250. The molecule has 0 unspecified atom stereocenters. The molecular weight excluding hydrogens is 306 g/mol. The number of aromatic nitrogens is 1. The topological polar surface area (TPSA) is 31.2 Å². The molecule has 0 bridgehead atoms. The van der Waals surface area contributed by atoms with Crippen molar-refractivity contribution in [3.05, 3.63) is 46.6 Å². The second-order valence-electron chi connectivity index (χ2n) is 4.22. The Balaban J connectivity index is 2.29. The zero-order valence-corrected chi connectivity index (χ0v) is 12.6. The van der Waals surface area contributed by atoms with Crippen LogP contribution >= 0.6 is 15.9 Å². The summed E-state index contributed by atoms with van der Waals surface area (Å²) in [7, 11) is 1.41. The Hall–Kier alpha value is -1.55. The summed E-state index contributed by atoms with van der Waals surface area (Å²) >= 11 is 3.54. The van der Waals surface area contributed by atoms with Crippen molar-refractivity contribution in [1.82, 2.24) is 4.57 Å². The Kier molecular flexibility index (Phi) is 4.43. The zero-order chi connectivity index (χ0) is 13.8. The summed E-state index contributed by atoms with van der Waals surface area (Å²) < 4.78 is 7.95. The molecule has 100 valence electrons. The van der Waals surface area contributed by atoms with Crippen LogP contribution in [-0.4, -0.2) is 17.6 Å². The fourth-order valence-electron chi connectivity index (χ4n) is 2.06. The van der Waals surface area contributed by atoms with Gasteiger partial charge in [-0.1, -0.05) is 35.0 Å². The summed E-state index contributed by atoms with van der Waals surface area (Å²) in [6.07, 6.45) is 4.62. The molecule has 0 fully saturated rings. The van der Waals surface area contributed by atoms with Gasteiger partial charge in [-0.3, -0.25) is 0 Å². The van der Waals surface area contributed by atoms with Crippen LogP contribution in [0.1, 0.15) is 13.3 Å². The Morgan fingerprint density at radius 1 is 1.42 bits per heavy atom. The molecule has 0 saturated heterocycles. The Morgan fingerprint density at radius 3 is 2.89 bits per heavy atom. The number of carbonyl (C=O) groups is 1. The first-order chi connectivity index (χ1) is 9.17. The van der Waals surface area contributed by atoms with Gasteiger partial charge >= 0.3 is 5.97 Å². The van der Waals surface area contributed by atoms with Crippen LogP contribution in [0, 0.1) is 0 Å². The van der Waals surface area contributed by atoms with Gasteiger partial charge in [-0.25, -0.2) is 4.79 Å². The van der Waals surface area contributed by atoms with E-state index in [4.69, 9.17) is 4.74 Å². The molecule has 0 aliphatic carbocycles. The van der Waals surface area contributed by atoms with Crippen LogP contribution in [0.15, 0.2) is 46.6 Å². The quantitative estimate of drug-likeness (QED) is 0.631. The number of ether oxygens (including phenoxy) is 1. The maximum Gasteiger partial charge on any atom is 0.333 e. The Labute approximate surface area is 121 Å². The normalized spacial score (nSPS) is 11.8. The van der Waals surface area contributed by atoms with E-state index in [1.54, 1.807) is 0 Å². The van der Waals surface area contributed by atoms with E-state index in [-0.39, 0.29) is 5.97 Å². The first-order valence-electron chi connectivity index (χ1n) is 6.18. The summed E-state index contributed by atoms with van der Waals surface area (Å²) in [5, 5.41) is 1.17. The van der Waals surface area contributed by atoms with Gasteiger partial charge in [0, 0.05) is 33.7 Å². The van der Waals surface area contributed by atoms with Gasteiger partial charge < -0.3 is 9.30 Å². The van der Waals surface area contributed by atoms with Gasteiger partial charge in [0.1, 0.15) is 0 Å². The standard InChI is InChI=1S/C15H16BrNO2/c1-3-11(15(18)19-2)7-9-17-10-8-12-13(16)5-4-6-14(12)17/h4-8,10H,3,9H2,1-2H3/b11-7-. The predicted molar refractivity (Wildman–Crippen MR) is 80.0 cm³/mol. The number of carbonyl (C=O) groups excluding carboxylic acids is 1. The van der Waals surface area contributed by atoms with Crippen LogP contribution in [0.25, 0.3) is 10.9 Å². The monoisotopic (exact) mass is 321 g/mol. The van der Waals surface area contributed by atoms with E-state index in [9.17, 15) is 4.79 Å². The molecular formula is C15H16BrNO2. The van der Waals surface area contributed by atoms with E-state index in [1.165, 1.54) is 12.5 Å². The molecule has 0 amide bonds. The number of benzene rings is 1. The lowest BCUT2D eigenvalue weighted by molar-refractivity contribution is -0.136. The highest BCUT2D eigenvalue weighted by atomic mass is 79.9. The fourth-order valence-corrected chi connectivity index (χ4v) is 2.54. The van der Waals surface area contributed by atoms with Crippen LogP contribution in [0.4, 0.5) is 0 Å². The van der Waals surface area contributed by atoms with Crippen molar-refractivity contribution in [2.75, 3.05) is 7.11 Å². The van der Waals surface area contributed by atoms with Gasteiger partial charge in [-0.05, 0) is 24.6 Å². The molecule has 0 N–H and O–H groups in total. The molecule has 3 nitrogen and oxygen atoms in total. The van der Waals surface area contributed by atoms with Gasteiger partial charge in [0.15, 0.2) is 0 Å². The molecule has 2 aromatic rings. The molecule has 0 aliphatic rings. The number of esters is 1. The lowest BCUT2D eigenvalue weighted by Gasteiger charge is -2.05. The second-order valence-corrected chi connectivity index (χ2v) is 5.07. The number of methoxy groups -OCH3 is 1. The van der Waals surface area contributed by atoms with Gasteiger partial charge in [0.05, 0.1) is 7.11 Å². The van der Waals surface area contributed by atoms with Crippen LogP contribution in [-0.2, 0) is 16.1 Å². The third kappa shape index (κ3) is 2.89. The summed E-state index contributed by atoms with van der Waals surface area (Å²) in [6, 6.07) is 8.16. The third-order valence-electron chi connectivity index (χ3n) is 3.12.